The van der Waals surface area contributed by atoms with Crippen LogP contribution < -0.4 is 5.32 Å². The molecule has 6 aromatic carbocycles. The lowest BCUT2D eigenvalue weighted by Gasteiger charge is -2.36. The highest BCUT2D eigenvalue weighted by molar-refractivity contribution is 6.17. The fraction of sp³-hybridized carbons (Fsp3) is 0.161. The van der Waals surface area contributed by atoms with Crippen LogP contribution in [-0.2, 0) is 5.41 Å². The number of para-hydroxylation sites is 1. The van der Waals surface area contributed by atoms with E-state index in [1.54, 1.807) is 0 Å². The zero-order valence-electron chi connectivity index (χ0n) is 35.0. The molecule has 300 valence electrons. The summed E-state index contributed by atoms with van der Waals surface area (Å²) in [5.74, 6) is 1.78. The quantitative estimate of drug-likeness (QED) is 0.170. The summed E-state index contributed by atoms with van der Waals surface area (Å²) in [5.41, 5.74) is 12.4. The van der Waals surface area contributed by atoms with Gasteiger partial charge in [-0.1, -0.05) is 142 Å². The average molecular weight is 804 g/mol. The maximum atomic E-state index is 7.95. The number of aliphatic imine (C=N–C) groups is 2. The Bertz CT molecular complexity index is 3320. The molecule has 0 saturated carbocycles. The molecule has 0 spiro atoms. The van der Waals surface area contributed by atoms with Gasteiger partial charge in [-0.2, -0.15) is 0 Å². The van der Waals surface area contributed by atoms with Crippen molar-refractivity contribution in [2.24, 2.45) is 21.8 Å². The van der Waals surface area contributed by atoms with Crippen molar-refractivity contribution in [2.75, 3.05) is 0 Å². The van der Waals surface area contributed by atoms with Crippen LogP contribution in [0.3, 0.4) is 0 Å². The van der Waals surface area contributed by atoms with Crippen molar-refractivity contribution in [3.8, 4) is 0 Å². The van der Waals surface area contributed by atoms with E-state index >= 15 is 0 Å². The van der Waals surface area contributed by atoms with E-state index in [2.05, 4.69) is 175 Å². The van der Waals surface area contributed by atoms with Gasteiger partial charge in [0.2, 0.25) is 0 Å². The molecule has 1 aliphatic heterocycles. The average Bonchev–Trinajstić information content (AvgIpc) is 3.86. The third-order valence-electron chi connectivity index (χ3n) is 12.8. The first-order valence-corrected chi connectivity index (χ1v) is 21.5. The van der Waals surface area contributed by atoms with Crippen LogP contribution in [0.1, 0.15) is 62.0 Å². The van der Waals surface area contributed by atoms with Gasteiger partial charge < -0.3 is 14.3 Å². The number of hydrogen-bond acceptors (Lipinski definition) is 4. The molecule has 3 heterocycles. The number of allylic oxidation sites excluding steroid dienone is 7. The van der Waals surface area contributed by atoms with Crippen molar-refractivity contribution in [1.29, 1.82) is 0 Å². The molecule has 62 heavy (non-hydrogen) atoms. The van der Waals surface area contributed by atoms with E-state index in [1.807, 2.05) is 30.3 Å². The van der Waals surface area contributed by atoms with Gasteiger partial charge in [0.15, 0.2) is 11.5 Å². The topological polar surface area (TPSA) is 59.2 Å². The summed E-state index contributed by atoms with van der Waals surface area (Å²) in [4.78, 5) is 14.6. The number of furan rings is 1. The fourth-order valence-corrected chi connectivity index (χ4v) is 9.61. The summed E-state index contributed by atoms with van der Waals surface area (Å²) in [6.45, 7) is 14.7. The monoisotopic (exact) mass is 803 g/mol. The van der Waals surface area contributed by atoms with E-state index in [0.717, 1.165) is 90.3 Å². The SMILES string of the molecule is [C-]#[N+]c1ccc2c(c1)c1cc(C(C)(C)C)ccc1n2C1=C(c2ccccc2)C=C(C2=NC(c3ccc4c(c3)oc3ccccc34)=NC(c3ccccc3)N2)CC1C1C=CC=CC1. The maximum absolute atomic E-state index is 7.95. The van der Waals surface area contributed by atoms with Crippen LogP contribution in [0.25, 0.3) is 59.9 Å². The Kier molecular flexibility index (Phi) is 9.01. The molecule has 8 aromatic rings. The van der Waals surface area contributed by atoms with Crippen LogP contribution in [0.2, 0.25) is 0 Å². The molecule has 0 fully saturated rings. The predicted molar refractivity (Wildman–Crippen MR) is 257 cm³/mol. The first kappa shape index (κ1) is 37.5. The first-order chi connectivity index (χ1) is 30.3. The number of rotatable bonds is 6. The zero-order valence-corrected chi connectivity index (χ0v) is 35.0. The highest BCUT2D eigenvalue weighted by atomic mass is 16.3. The summed E-state index contributed by atoms with van der Waals surface area (Å²) >= 11 is 0. The summed E-state index contributed by atoms with van der Waals surface area (Å²) in [5, 5.41) is 8.25. The molecule has 3 atom stereocenters. The molecule has 2 aromatic heterocycles. The van der Waals surface area contributed by atoms with E-state index in [0.29, 0.717) is 11.5 Å². The fourth-order valence-electron chi connectivity index (χ4n) is 9.61. The molecule has 6 nitrogen and oxygen atoms in total. The van der Waals surface area contributed by atoms with E-state index in [4.69, 9.17) is 21.0 Å². The lowest BCUT2D eigenvalue weighted by molar-refractivity contribution is 0.475. The van der Waals surface area contributed by atoms with Gasteiger partial charge in [-0.25, -0.2) is 14.8 Å². The Morgan fingerprint density at radius 3 is 2.24 bits per heavy atom. The van der Waals surface area contributed by atoms with Crippen LogP contribution in [-0.4, -0.2) is 16.2 Å². The molecular weight excluding hydrogens is 759 g/mol. The largest absolute Gasteiger partial charge is 0.456 e. The molecule has 1 N–H and O–H groups in total. The van der Waals surface area contributed by atoms with Crippen molar-refractivity contribution in [2.45, 2.75) is 45.2 Å². The number of hydrogen-bond donors (Lipinski definition) is 1. The normalized spacial score (nSPS) is 19.1. The molecule has 0 radical (unpaired) electrons. The molecule has 6 heteroatoms. The second-order valence-corrected chi connectivity index (χ2v) is 17.7. The van der Waals surface area contributed by atoms with Crippen molar-refractivity contribution in [1.82, 2.24) is 9.88 Å². The number of aromatic nitrogens is 1. The Labute approximate surface area is 361 Å². The molecule has 3 aliphatic rings. The summed E-state index contributed by atoms with van der Waals surface area (Å²) < 4.78 is 8.87. The zero-order chi connectivity index (χ0) is 42.0. The van der Waals surface area contributed by atoms with Gasteiger partial charge in [0.1, 0.15) is 23.2 Å². The van der Waals surface area contributed by atoms with Crippen molar-refractivity contribution >= 4 is 72.4 Å². The van der Waals surface area contributed by atoms with Gasteiger partial charge >= 0.3 is 0 Å². The number of nitrogens with one attached hydrogen (secondary N) is 1. The van der Waals surface area contributed by atoms with Crippen LogP contribution in [0.4, 0.5) is 5.69 Å². The van der Waals surface area contributed by atoms with Gasteiger partial charge in [-0.15, -0.1) is 0 Å². The van der Waals surface area contributed by atoms with Crippen LogP contribution >= 0.6 is 0 Å². The van der Waals surface area contributed by atoms with E-state index in [9.17, 15) is 0 Å². The minimum atomic E-state index is -0.349. The molecule has 2 aliphatic carbocycles. The molecular formula is C56H45N5O. The lowest BCUT2D eigenvalue weighted by atomic mass is 9.74. The van der Waals surface area contributed by atoms with Crippen molar-refractivity contribution < 1.29 is 4.42 Å². The highest BCUT2D eigenvalue weighted by Crippen LogP contribution is 2.48. The van der Waals surface area contributed by atoms with Crippen LogP contribution in [0.15, 0.2) is 190 Å². The lowest BCUT2D eigenvalue weighted by Crippen LogP contribution is -2.36. The summed E-state index contributed by atoms with van der Waals surface area (Å²) in [6, 6.07) is 48.9. The van der Waals surface area contributed by atoms with Crippen molar-refractivity contribution in [3.63, 3.8) is 0 Å². The Balaban J connectivity index is 1.15. The number of amidine groups is 2. The molecule has 11 rings (SSSR count). The third kappa shape index (κ3) is 6.49. The standard InChI is InChI=1S/C56H45N5O/c1-56(2,3)40-25-28-48-46(33-40)47-34-41(57-4)26-29-49(47)61(48)52-44(35-16-8-5-9-17-35)30-39(31-45(52)36-18-10-6-11-19-36)55-59-53(37-20-12-7-13-21-37)58-54(60-55)38-24-27-43-42-22-14-15-23-50(42)62-51(43)32-38/h5-18,20-30,32-34,36,45,53H,19,31H2,1-3H3,(H,58,59,60). The molecule has 0 saturated heterocycles. The van der Waals surface area contributed by atoms with Crippen LogP contribution in [0.5, 0.6) is 0 Å². The third-order valence-corrected chi connectivity index (χ3v) is 12.8. The van der Waals surface area contributed by atoms with Gasteiger partial charge in [0, 0.05) is 38.9 Å². The van der Waals surface area contributed by atoms with Gasteiger partial charge in [-0.3, -0.25) is 0 Å². The smallest absolute Gasteiger partial charge is 0.188 e. The molecule has 0 amide bonds. The number of fused-ring (bicyclic) bond motifs is 6. The second-order valence-electron chi connectivity index (χ2n) is 17.7. The number of nitrogens with zero attached hydrogens (tertiary/aromatic N) is 4. The Hall–Kier alpha value is -7.49. The number of benzene rings is 6. The predicted octanol–water partition coefficient (Wildman–Crippen LogP) is 14.1. The van der Waals surface area contributed by atoms with E-state index < -0.39 is 0 Å². The molecule has 0 bridgehead atoms. The first-order valence-electron chi connectivity index (χ1n) is 21.5. The summed E-state index contributed by atoms with van der Waals surface area (Å²) in [6.07, 6.45) is 12.7. The summed E-state index contributed by atoms with van der Waals surface area (Å²) in [7, 11) is 0. The highest BCUT2D eigenvalue weighted by Gasteiger charge is 2.36. The van der Waals surface area contributed by atoms with Gasteiger partial charge in [-0.05, 0) is 100 Å². The maximum Gasteiger partial charge on any atom is 0.188 e. The van der Waals surface area contributed by atoms with E-state index in [-0.39, 0.29) is 23.4 Å². The Morgan fingerprint density at radius 1 is 0.726 bits per heavy atom. The van der Waals surface area contributed by atoms with Crippen LogP contribution in [0, 0.1) is 18.4 Å². The minimum Gasteiger partial charge on any atom is -0.456 e. The van der Waals surface area contributed by atoms with E-state index in [1.165, 1.54) is 11.3 Å². The minimum absolute atomic E-state index is 0.0377. The Morgan fingerprint density at radius 2 is 1.47 bits per heavy atom. The van der Waals surface area contributed by atoms with Gasteiger partial charge in [0.25, 0.3) is 0 Å². The second kappa shape index (κ2) is 14.9. The van der Waals surface area contributed by atoms with Crippen molar-refractivity contribution in [3.05, 3.63) is 209 Å². The van der Waals surface area contributed by atoms with Gasteiger partial charge in [0.05, 0.1) is 17.6 Å². The molecule has 3 unspecified atom stereocenters.